The molecule has 0 fully saturated rings. The Morgan fingerprint density at radius 1 is 0.933 bits per heavy atom. The van der Waals surface area contributed by atoms with E-state index in [1.807, 2.05) is 0 Å². The highest BCUT2D eigenvalue weighted by Gasteiger charge is 2.26. The number of benzene rings is 2. The zero-order valence-electron chi connectivity index (χ0n) is 15.6. The number of anilines is 1. The summed E-state index contributed by atoms with van der Waals surface area (Å²) in [6.45, 7) is -0.741. The van der Waals surface area contributed by atoms with E-state index in [4.69, 9.17) is 9.47 Å². The molecule has 0 atom stereocenters. The van der Waals surface area contributed by atoms with E-state index in [0.717, 1.165) is 4.68 Å². The third-order valence-corrected chi connectivity index (χ3v) is 4.12. The molecule has 3 rings (SSSR count). The van der Waals surface area contributed by atoms with Gasteiger partial charge in [-0.25, -0.2) is 22.0 Å². The number of halogens is 5. The molecule has 1 heterocycles. The van der Waals surface area contributed by atoms with Gasteiger partial charge in [-0.05, 0) is 12.1 Å². The molecule has 1 N–H and O–H groups in total. The minimum atomic E-state index is -2.24. The summed E-state index contributed by atoms with van der Waals surface area (Å²) in [5, 5.41) is 6.32. The number of methoxy groups -OCH3 is 2. The standard InChI is InChI=1S/C19H14F5N3O3/c1-29-10-5-9(6-11(7-10)30-2)19(28)25-13-3-4-27(26-13)8-12-14(20)16(22)18(24)17(23)15(12)21/h3-7H,8H2,1-2H3,(H,25,26,28). The molecule has 0 aliphatic rings. The first kappa shape index (κ1) is 21.1. The summed E-state index contributed by atoms with van der Waals surface area (Å²) in [5.74, 6) is -10.1. The van der Waals surface area contributed by atoms with Crippen molar-refractivity contribution in [1.82, 2.24) is 9.78 Å². The summed E-state index contributed by atoms with van der Waals surface area (Å²) >= 11 is 0. The van der Waals surface area contributed by atoms with E-state index >= 15 is 0 Å². The van der Waals surface area contributed by atoms with Crippen molar-refractivity contribution in [2.75, 3.05) is 19.5 Å². The van der Waals surface area contributed by atoms with Crippen molar-refractivity contribution in [1.29, 1.82) is 0 Å². The van der Waals surface area contributed by atoms with Crippen LogP contribution in [0.4, 0.5) is 27.8 Å². The molecule has 0 saturated carbocycles. The monoisotopic (exact) mass is 427 g/mol. The van der Waals surface area contributed by atoms with E-state index in [1.54, 1.807) is 6.07 Å². The molecule has 6 nitrogen and oxygen atoms in total. The number of hydrogen-bond donors (Lipinski definition) is 1. The SMILES string of the molecule is COc1cc(OC)cc(C(=O)Nc2ccn(Cc3c(F)c(F)c(F)c(F)c3F)n2)c1. The van der Waals surface area contributed by atoms with Crippen molar-refractivity contribution in [2.24, 2.45) is 0 Å². The van der Waals surface area contributed by atoms with Crippen LogP contribution in [-0.4, -0.2) is 29.9 Å². The van der Waals surface area contributed by atoms with Crippen LogP contribution in [0, 0.1) is 29.1 Å². The minimum absolute atomic E-state index is 0.00865. The Balaban J connectivity index is 1.81. The maximum Gasteiger partial charge on any atom is 0.257 e. The summed E-state index contributed by atoms with van der Waals surface area (Å²) < 4.78 is 78.5. The molecular formula is C19H14F5N3O3. The molecule has 158 valence electrons. The molecule has 3 aromatic rings. The lowest BCUT2D eigenvalue weighted by molar-refractivity contribution is 0.102. The van der Waals surface area contributed by atoms with Gasteiger partial charge in [0.15, 0.2) is 29.1 Å². The van der Waals surface area contributed by atoms with Gasteiger partial charge in [0.25, 0.3) is 5.91 Å². The van der Waals surface area contributed by atoms with Gasteiger partial charge >= 0.3 is 0 Å². The molecular weight excluding hydrogens is 413 g/mol. The first-order valence-electron chi connectivity index (χ1n) is 8.33. The van der Waals surface area contributed by atoms with Crippen molar-refractivity contribution in [3.05, 3.63) is 70.7 Å². The highest BCUT2D eigenvalue weighted by Crippen LogP contribution is 2.25. The van der Waals surface area contributed by atoms with Gasteiger partial charge in [-0.15, -0.1) is 0 Å². The van der Waals surface area contributed by atoms with Gasteiger partial charge in [0.05, 0.1) is 26.3 Å². The molecule has 0 bridgehead atoms. The molecule has 1 amide bonds. The fourth-order valence-corrected chi connectivity index (χ4v) is 2.59. The fraction of sp³-hybridized carbons (Fsp3) is 0.158. The van der Waals surface area contributed by atoms with E-state index in [2.05, 4.69) is 10.4 Å². The maximum absolute atomic E-state index is 13.8. The number of aromatic nitrogens is 2. The largest absolute Gasteiger partial charge is 0.497 e. The number of nitrogens with zero attached hydrogens (tertiary/aromatic N) is 2. The predicted octanol–water partition coefficient (Wildman–Crippen LogP) is 3.90. The number of rotatable bonds is 6. The van der Waals surface area contributed by atoms with Crippen LogP contribution < -0.4 is 14.8 Å². The highest BCUT2D eigenvalue weighted by atomic mass is 19.2. The molecule has 30 heavy (non-hydrogen) atoms. The third-order valence-electron chi connectivity index (χ3n) is 4.12. The summed E-state index contributed by atoms with van der Waals surface area (Å²) in [6.07, 6.45) is 1.21. The maximum atomic E-state index is 13.8. The molecule has 0 radical (unpaired) electrons. The zero-order valence-corrected chi connectivity index (χ0v) is 15.6. The number of ether oxygens (including phenoxy) is 2. The molecule has 0 aliphatic heterocycles. The minimum Gasteiger partial charge on any atom is -0.497 e. The van der Waals surface area contributed by atoms with Gasteiger partial charge in [0.2, 0.25) is 5.82 Å². The van der Waals surface area contributed by atoms with Crippen LogP contribution in [0.5, 0.6) is 11.5 Å². The number of amides is 1. The van der Waals surface area contributed by atoms with Crippen molar-refractivity contribution >= 4 is 11.7 Å². The van der Waals surface area contributed by atoms with Gasteiger partial charge < -0.3 is 14.8 Å². The Morgan fingerprint density at radius 3 is 2.00 bits per heavy atom. The molecule has 11 heteroatoms. The second-order valence-electron chi connectivity index (χ2n) is 6.00. The summed E-state index contributed by atoms with van der Waals surface area (Å²) in [7, 11) is 2.83. The highest BCUT2D eigenvalue weighted by molar-refractivity contribution is 6.04. The molecule has 0 saturated heterocycles. The average Bonchev–Trinajstić information content (AvgIpc) is 3.20. The smallest absolute Gasteiger partial charge is 0.257 e. The normalized spacial score (nSPS) is 10.8. The number of nitrogens with one attached hydrogen (secondary N) is 1. The van der Waals surface area contributed by atoms with Crippen LogP contribution in [0.2, 0.25) is 0 Å². The van der Waals surface area contributed by atoms with Crippen molar-refractivity contribution in [3.63, 3.8) is 0 Å². The molecule has 1 aromatic heterocycles. The second-order valence-corrected chi connectivity index (χ2v) is 6.00. The Bertz CT molecular complexity index is 1070. The number of hydrogen-bond acceptors (Lipinski definition) is 4. The molecule has 0 aliphatic carbocycles. The second kappa shape index (κ2) is 8.39. The Morgan fingerprint density at radius 2 is 1.47 bits per heavy atom. The number of carbonyl (C=O) groups is 1. The third kappa shape index (κ3) is 4.04. The predicted molar refractivity (Wildman–Crippen MR) is 95.1 cm³/mol. The molecule has 0 unspecified atom stereocenters. The molecule has 2 aromatic carbocycles. The van der Waals surface area contributed by atoms with Gasteiger partial charge in [-0.2, -0.15) is 5.10 Å². The molecule has 0 spiro atoms. The van der Waals surface area contributed by atoms with Crippen molar-refractivity contribution < 1.29 is 36.2 Å². The van der Waals surface area contributed by atoms with E-state index in [-0.39, 0.29) is 11.4 Å². The Kier molecular flexibility index (Phi) is 5.90. The topological polar surface area (TPSA) is 65.4 Å². The van der Waals surface area contributed by atoms with Crippen molar-refractivity contribution in [3.8, 4) is 11.5 Å². The lowest BCUT2D eigenvalue weighted by Crippen LogP contribution is -2.14. The quantitative estimate of drug-likeness (QED) is 0.368. The number of carbonyl (C=O) groups excluding carboxylic acids is 1. The zero-order chi connectivity index (χ0) is 22.0. The first-order valence-corrected chi connectivity index (χ1v) is 8.33. The van der Waals surface area contributed by atoms with Gasteiger partial charge in [-0.3, -0.25) is 9.48 Å². The van der Waals surface area contributed by atoms with E-state index in [0.29, 0.717) is 11.5 Å². The van der Waals surface area contributed by atoms with Crippen LogP contribution >= 0.6 is 0 Å². The summed E-state index contributed by atoms with van der Waals surface area (Å²) in [5.41, 5.74) is -0.870. The summed E-state index contributed by atoms with van der Waals surface area (Å²) in [4.78, 5) is 12.4. The summed E-state index contributed by atoms with van der Waals surface area (Å²) in [6, 6.07) is 5.75. The average molecular weight is 427 g/mol. The Hall–Kier alpha value is -3.63. The van der Waals surface area contributed by atoms with E-state index < -0.39 is 47.1 Å². The van der Waals surface area contributed by atoms with E-state index in [9.17, 15) is 26.7 Å². The van der Waals surface area contributed by atoms with Gasteiger partial charge in [0.1, 0.15) is 11.5 Å². The first-order chi connectivity index (χ1) is 14.2. The van der Waals surface area contributed by atoms with Crippen LogP contribution in [-0.2, 0) is 6.54 Å². The van der Waals surface area contributed by atoms with Crippen LogP contribution in [0.3, 0.4) is 0 Å². The van der Waals surface area contributed by atoms with Gasteiger partial charge in [-0.1, -0.05) is 0 Å². The van der Waals surface area contributed by atoms with Crippen LogP contribution in [0.1, 0.15) is 15.9 Å². The lowest BCUT2D eigenvalue weighted by Gasteiger charge is -2.09. The van der Waals surface area contributed by atoms with Gasteiger partial charge in [0, 0.05) is 23.9 Å². The van der Waals surface area contributed by atoms with Crippen LogP contribution in [0.15, 0.2) is 30.5 Å². The van der Waals surface area contributed by atoms with Crippen LogP contribution in [0.25, 0.3) is 0 Å². The Labute approximate surface area is 166 Å². The van der Waals surface area contributed by atoms with E-state index in [1.165, 1.54) is 38.6 Å². The van der Waals surface area contributed by atoms with Crippen molar-refractivity contribution in [2.45, 2.75) is 6.54 Å². The lowest BCUT2D eigenvalue weighted by atomic mass is 10.1. The fourth-order valence-electron chi connectivity index (χ4n) is 2.59.